The fourth-order valence-electron chi connectivity index (χ4n) is 4.46. The van der Waals surface area contributed by atoms with Gasteiger partial charge in [0.2, 0.25) is 6.29 Å². The van der Waals surface area contributed by atoms with E-state index in [0.717, 1.165) is 19.3 Å². The van der Waals surface area contributed by atoms with Gasteiger partial charge in [-0.05, 0) is 24.7 Å². The maximum absolute atomic E-state index is 11.5. The first kappa shape index (κ1) is 16.7. The topological polar surface area (TPSA) is 65.0 Å². The van der Waals surface area contributed by atoms with Crippen LogP contribution in [0, 0.1) is 23.7 Å². The molecule has 0 radical (unpaired) electrons. The number of aliphatic hydroxyl groups is 1. The number of fused-ring (bicyclic) bond motifs is 1. The van der Waals surface area contributed by atoms with E-state index in [1.807, 2.05) is 6.92 Å². The third-order valence-electron chi connectivity index (χ3n) is 5.45. The van der Waals surface area contributed by atoms with Gasteiger partial charge in [-0.3, -0.25) is 4.79 Å². The summed E-state index contributed by atoms with van der Waals surface area (Å²) >= 11 is 0. The van der Waals surface area contributed by atoms with Gasteiger partial charge < -0.3 is 19.3 Å². The lowest BCUT2D eigenvalue weighted by Gasteiger charge is -2.57. The molecule has 21 heavy (non-hydrogen) atoms. The van der Waals surface area contributed by atoms with Crippen molar-refractivity contribution in [1.29, 1.82) is 0 Å². The molecule has 1 saturated heterocycles. The quantitative estimate of drug-likeness (QED) is 0.810. The second kappa shape index (κ2) is 6.23. The van der Waals surface area contributed by atoms with Crippen LogP contribution in [0.2, 0.25) is 0 Å². The molecule has 122 valence electrons. The molecular weight excluding hydrogens is 272 g/mol. The molecule has 2 aliphatic rings. The van der Waals surface area contributed by atoms with E-state index >= 15 is 0 Å². The summed E-state index contributed by atoms with van der Waals surface area (Å²) in [5, 5.41) is 11.5. The van der Waals surface area contributed by atoms with E-state index in [4.69, 9.17) is 14.2 Å². The lowest BCUT2D eigenvalue weighted by molar-refractivity contribution is -0.369. The minimum atomic E-state index is -1.13. The van der Waals surface area contributed by atoms with Gasteiger partial charge in [-0.15, -0.1) is 0 Å². The number of methoxy groups -OCH3 is 1. The van der Waals surface area contributed by atoms with Crippen LogP contribution in [0.5, 0.6) is 0 Å². The predicted molar refractivity (Wildman–Crippen MR) is 77.2 cm³/mol. The monoisotopic (exact) mass is 300 g/mol. The molecule has 2 fully saturated rings. The van der Waals surface area contributed by atoms with Gasteiger partial charge in [0.25, 0.3) is 0 Å². The first-order valence-electron chi connectivity index (χ1n) is 7.94. The fourth-order valence-corrected chi connectivity index (χ4v) is 4.46. The number of ether oxygens (including phenoxy) is 3. The molecule has 1 aliphatic heterocycles. The smallest absolute Gasteiger partial charge is 0.305 e. The van der Waals surface area contributed by atoms with Crippen LogP contribution in [0.1, 0.15) is 47.0 Å². The molecule has 0 aromatic heterocycles. The summed E-state index contributed by atoms with van der Waals surface area (Å²) in [5.41, 5.74) is -1.13. The van der Waals surface area contributed by atoms with Gasteiger partial charge in [-0.2, -0.15) is 0 Å². The Hall–Kier alpha value is -0.650. The summed E-state index contributed by atoms with van der Waals surface area (Å²) in [7, 11) is 1.58. The maximum Gasteiger partial charge on any atom is 0.305 e. The zero-order valence-electron chi connectivity index (χ0n) is 13.7. The Morgan fingerprint density at radius 3 is 2.57 bits per heavy atom. The Morgan fingerprint density at radius 1 is 1.38 bits per heavy atom. The second-order valence-corrected chi connectivity index (χ2v) is 6.60. The lowest BCUT2D eigenvalue weighted by atomic mass is 9.58. The first-order valence-corrected chi connectivity index (χ1v) is 7.94. The van der Waals surface area contributed by atoms with Crippen molar-refractivity contribution in [3.8, 4) is 0 Å². The second-order valence-electron chi connectivity index (χ2n) is 6.60. The largest absolute Gasteiger partial charge is 0.433 e. The van der Waals surface area contributed by atoms with E-state index in [2.05, 4.69) is 13.8 Å². The van der Waals surface area contributed by atoms with E-state index in [1.54, 1.807) is 7.11 Å². The summed E-state index contributed by atoms with van der Waals surface area (Å²) in [6.45, 7) is 7.60. The van der Waals surface area contributed by atoms with Gasteiger partial charge in [-0.25, -0.2) is 0 Å². The summed E-state index contributed by atoms with van der Waals surface area (Å²) in [6.07, 6.45) is 1.40. The van der Waals surface area contributed by atoms with Crippen LogP contribution in [0.4, 0.5) is 0 Å². The first-order chi connectivity index (χ1) is 9.86. The van der Waals surface area contributed by atoms with Crippen LogP contribution in [0.3, 0.4) is 0 Å². The number of esters is 1. The minimum absolute atomic E-state index is 0.0155. The molecule has 0 spiro atoms. The van der Waals surface area contributed by atoms with Gasteiger partial charge in [0.15, 0.2) is 6.29 Å². The van der Waals surface area contributed by atoms with Crippen LogP contribution in [-0.2, 0) is 19.0 Å². The average Bonchev–Trinajstić information content (AvgIpc) is 2.41. The van der Waals surface area contributed by atoms with E-state index < -0.39 is 24.2 Å². The minimum Gasteiger partial charge on any atom is -0.433 e. The zero-order chi connectivity index (χ0) is 15.8. The number of carbonyl (C=O) groups excluding carboxylic acids is 1. The highest BCUT2D eigenvalue weighted by atomic mass is 16.8. The van der Waals surface area contributed by atoms with Crippen LogP contribution in [0.15, 0.2) is 0 Å². The summed E-state index contributed by atoms with van der Waals surface area (Å²) in [4.78, 5) is 11.4. The molecule has 1 unspecified atom stereocenters. The lowest BCUT2D eigenvalue weighted by Crippen LogP contribution is -2.67. The molecular formula is C16H28O5. The van der Waals surface area contributed by atoms with Crippen molar-refractivity contribution in [2.45, 2.75) is 65.1 Å². The maximum atomic E-state index is 11.5. The van der Waals surface area contributed by atoms with E-state index in [-0.39, 0.29) is 17.8 Å². The molecule has 1 saturated carbocycles. The fraction of sp³-hybridized carbons (Fsp3) is 0.938. The molecule has 0 aromatic rings. The van der Waals surface area contributed by atoms with Crippen molar-refractivity contribution in [3.63, 3.8) is 0 Å². The molecule has 5 heteroatoms. The van der Waals surface area contributed by atoms with Crippen LogP contribution < -0.4 is 0 Å². The highest BCUT2D eigenvalue weighted by Crippen LogP contribution is 2.52. The number of hydrogen-bond acceptors (Lipinski definition) is 5. The SMILES string of the molecule is CC[C@H]1[C@H](C)CCC2[C@@H](C)[C@@H](OC)O[C@H](OC(C)=O)[C@]21O. The Balaban J connectivity index is 2.39. The number of carbonyl (C=O) groups is 1. The average molecular weight is 300 g/mol. The third-order valence-corrected chi connectivity index (χ3v) is 5.45. The zero-order valence-corrected chi connectivity index (χ0v) is 13.7. The summed E-state index contributed by atoms with van der Waals surface area (Å²) < 4.78 is 16.5. The van der Waals surface area contributed by atoms with E-state index in [9.17, 15) is 9.90 Å². The molecule has 0 bridgehead atoms. The molecule has 0 aromatic carbocycles. The van der Waals surface area contributed by atoms with Crippen LogP contribution in [-0.4, -0.2) is 36.4 Å². The van der Waals surface area contributed by atoms with Crippen molar-refractivity contribution in [1.82, 2.24) is 0 Å². The molecule has 7 atom stereocenters. The normalized spacial score (nSPS) is 46.8. The number of hydrogen-bond donors (Lipinski definition) is 1. The van der Waals surface area contributed by atoms with Gasteiger partial charge >= 0.3 is 5.97 Å². The van der Waals surface area contributed by atoms with Crippen molar-refractivity contribution >= 4 is 5.97 Å². The third kappa shape index (κ3) is 2.71. The van der Waals surface area contributed by atoms with Gasteiger partial charge in [0, 0.05) is 25.9 Å². The Bertz CT molecular complexity index is 385. The standard InChI is InChI=1S/C16H28O5/c1-6-12-9(2)7-8-13-10(3)14(19-5)21-15(16(12,13)18)20-11(4)17/h9-10,12-15,18H,6-8H2,1-5H3/t9-,10-,12+,13?,14+,15+,16-/m1/s1. The molecule has 1 aliphatic carbocycles. The summed E-state index contributed by atoms with van der Waals surface area (Å²) in [5.74, 6) is 0.0739. The van der Waals surface area contributed by atoms with Crippen molar-refractivity contribution in [2.75, 3.05) is 7.11 Å². The van der Waals surface area contributed by atoms with Crippen molar-refractivity contribution in [2.24, 2.45) is 23.7 Å². The predicted octanol–water partition coefficient (Wildman–Crippen LogP) is 2.32. The Labute approximate surface area is 126 Å². The van der Waals surface area contributed by atoms with Crippen LogP contribution >= 0.6 is 0 Å². The molecule has 1 N–H and O–H groups in total. The van der Waals surface area contributed by atoms with Crippen LogP contribution in [0.25, 0.3) is 0 Å². The van der Waals surface area contributed by atoms with Gasteiger partial charge in [-0.1, -0.05) is 27.2 Å². The van der Waals surface area contributed by atoms with Gasteiger partial charge in [0.1, 0.15) is 5.60 Å². The Kier molecular flexibility index (Phi) is 4.96. The highest BCUT2D eigenvalue weighted by molar-refractivity contribution is 5.66. The van der Waals surface area contributed by atoms with E-state index in [1.165, 1.54) is 6.92 Å². The number of rotatable bonds is 3. The van der Waals surface area contributed by atoms with Crippen molar-refractivity contribution in [3.05, 3.63) is 0 Å². The van der Waals surface area contributed by atoms with Crippen molar-refractivity contribution < 1.29 is 24.1 Å². The molecule has 2 rings (SSSR count). The molecule has 0 amide bonds. The summed E-state index contributed by atoms with van der Waals surface area (Å²) in [6, 6.07) is 0. The highest BCUT2D eigenvalue weighted by Gasteiger charge is 2.61. The molecule has 5 nitrogen and oxygen atoms in total. The Morgan fingerprint density at radius 2 is 2.05 bits per heavy atom. The molecule has 1 heterocycles. The van der Waals surface area contributed by atoms with Gasteiger partial charge in [0.05, 0.1) is 0 Å². The van der Waals surface area contributed by atoms with E-state index in [0.29, 0.717) is 5.92 Å².